The predicted molar refractivity (Wildman–Crippen MR) is 76.8 cm³/mol. The largest absolute Gasteiger partial charge is 0.370 e. The van der Waals surface area contributed by atoms with Crippen LogP contribution in [0.3, 0.4) is 0 Å². The summed E-state index contributed by atoms with van der Waals surface area (Å²) >= 11 is 0. The molecule has 2 rings (SSSR count). The molecular weight excluding hydrogens is 224 g/mol. The molecule has 18 heavy (non-hydrogen) atoms. The van der Waals surface area contributed by atoms with E-state index in [-0.39, 0.29) is 0 Å². The molecule has 2 saturated heterocycles. The number of piperidine rings is 1. The van der Waals surface area contributed by atoms with E-state index >= 15 is 0 Å². The fourth-order valence-corrected chi connectivity index (χ4v) is 2.89. The van der Waals surface area contributed by atoms with Crippen LogP contribution in [0.2, 0.25) is 0 Å². The molecule has 104 valence electrons. The maximum Gasteiger partial charge on any atom is 0.191 e. The Hall–Kier alpha value is -0.770. The SMILES string of the molecule is NC(=NCCN1CCCCCC1)N1CCCCC1. The molecule has 0 spiro atoms. The number of guanidine groups is 1. The van der Waals surface area contributed by atoms with Gasteiger partial charge >= 0.3 is 0 Å². The topological polar surface area (TPSA) is 44.9 Å². The second kappa shape index (κ2) is 7.62. The summed E-state index contributed by atoms with van der Waals surface area (Å²) in [7, 11) is 0. The Balaban J connectivity index is 1.68. The highest BCUT2D eigenvalue weighted by Crippen LogP contribution is 2.10. The van der Waals surface area contributed by atoms with Crippen molar-refractivity contribution in [1.82, 2.24) is 9.80 Å². The Morgan fingerprint density at radius 1 is 0.833 bits per heavy atom. The first-order chi connectivity index (χ1) is 8.86. The van der Waals surface area contributed by atoms with E-state index in [0.717, 1.165) is 32.1 Å². The zero-order valence-electron chi connectivity index (χ0n) is 11.6. The lowest BCUT2D eigenvalue weighted by Gasteiger charge is -2.27. The predicted octanol–water partition coefficient (Wildman–Crippen LogP) is 1.66. The van der Waals surface area contributed by atoms with E-state index in [1.165, 1.54) is 58.0 Å². The first-order valence-electron chi connectivity index (χ1n) is 7.63. The molecule has 0 aromatic carbocycles. The van der Waals surface area contributed by atoms with Gasteiger partial charge in [0.05, 0.1) is 6.54 Å². The van der Waals surface area contributed by atoms with Gasteiger partial charge in [0.15, 0.2) is 5.96 Å². The molecule has 0 aromatic heterocycles. The number of aliphatic imine (C=N–C) groups is 1. The van der Waals surface area contributed by atoms with Gasteiger partial charge < -0.3 is 15.5 Å². The molecule has 2 N–H and O–H groups in total. The summed E-state index contributed by atoms with van der Waals surface area (Å²) in [4.78, 5) is 9.33. The molecule has 0 saturated carbocycles. The van der Waals surface area contributed by atoms with Crippen molar-refractivity contribution in [2.24, 2.45) is 10.7 Å². The zero-order valence-corrected chi connectivity index (χ0v) is 11.6. The molecule has 2 heterocycles. The van der Waals surface area contributed by atoms with E-state index < -0.39 is 0 Å². The second-order valence-electron chi connectivity index (χ2n) is 5.54. The maximum absolute atomic E-state index is 6.05. The van der Waals surface area contributed by atoms with E-state index in [1.807, 2.05) is 0 Å². The minimum absolute atomic E-state index is 0.768. The molecule has 0 atom stereocenters. The van der Waals surface area contributed by atoms with Gasteiger partial charge in [-0.05, 0) is 45.2 Å². The van der Waals surface area contributed by atoms with Gasteiger partial charge in [-0.25, -0.2) is 0 Å². The van der Waals surface area contributed by atoms with Gasteiger partial charge in [0, 0.05) is 19.6 Å². The number of nitrogens with two attached hydrogens (primary N) is 1. The fourth-order valence-electron chi connectivity index (χ4n) is 2.89. The average molecular weight is 252 g/mol. The number of likely N-dealkylation sites (tertiary alicyclic amines) is 2. The number of hydrogen-bond acceptors (Lipinski definition) is 2. The molecule has 2 fully saturated rings. The average Bonchev–Trinajstić information content (AvgIpc) is 2.68. The Kier molecular flexibility index (Phi) is 5.78. The molecule has 0 radical (unpaired) electrons. The Labute approximate surface area is 111 Å². The fraction of sp³-hybridized carbons (Fsp3) is 0.929. The summed E-state index contributed by atoms with van der Waals surface area (Å²) in [6, 6.07) is 0. The van der Waals surface area contributed by atoms with Gasteiger partial charge in [0.2, 0.25) is 0 Å². The summed E-state index contributed by atoms with van der Waals surface area (Å²) in [5, 5.41) is 0. The molecule has 0 bridgehead atoms. The molecule has 0 amide bonds. The van der Waals surface area contributed by atoms with Crippen LogP contribution in [-0.2, 0) is 0 Å². The molecule has 4 nitrogen and oxygen atoms in total. The lowest BCUT2D eigenvalue weighted by atomic mass is 10.1. The quantitative estimate of drug-likeness (QED) is 0.614. The summed E-state index contributed by atoms with van der Waals surface area (Å²) in [6.45, 7) is 6.63. The lowest BCUT2D eigenvalue weighted by Crippen LogP contribution is -2.41. The van der Waals surface area contributed by atoms with Crippen molar-refractivity contribution in [3.8, 4) is 0 Å². The highest BCUT2D eigenvalue weighted by atomic mass is 15.3. The van der Waals surface area contributed by atoms with Crippen LogP contribution in [0.4, 0.5) is 0 Å². The summed E-state index contributed by atoms with van der Waals surface area (Å²) in [5.74, 6) is 0.768. The minimum atomic E-state index is 0.768. The third kappa shape index (κ3) is 4.48. The van der Waals surface area contributed by atoms with Gasteiger partial charge in [-0.1, -0.05) is 12.8 Å². The van der Waals surface area contributed by atoms with Crippen molar-refractivity contribution >= 4 is 5.96 Å². The first-order valence-corrected chi connectivity index (χ1v) is 7.63. The Morgan fingerprint density at radius 3 is 2.06 bits per heavy atom. The Bertz CT molecular complexity index is 251. The van der Waals surface area contributed by atoms with Crippen molar-refractivity contribution in [1.29, 1.82) is 0 Å². The number of rotatable bonds is 3. The van der Waals surface area contributed by atoms with E-state index in [1.54, 1.807) is 0 Å². The monoisotopic (exact) mass is 252 g/mol. The van der Waals surface area contributed by atoms with Crippen LogP contribution in [-0.4, -0.2) is 55.0 Å². The standard InChI is InChI=1S/C14H28N4/c15-14(18-11-6-3-7-12-18)16-8-13-17-9-4-1-2-5-10-17/h1-13H2,(H2,15,16). The summed E-state index contributed by atoms with van der Waals surface area (Å²) in [6.07, 6.45) is 9.38. The second-order valence-corrected chi connectivity index (χ2v) is 5.54. The summed E-state index contributed by atoms with van der Waals surface area (Å²) in [5.41, 5.74) is 6.05. The van der Waals surface area contributed by atoms with E-state index in [0.29, 0.717) is 0 Å². The van der Waals surface area contributed by atoms with Crippen LogP contribution in [0.5, 0.6) is 0 Å². The van der Waals surface area contributed by atoms with Crippen LogP contribution in [0, 0.1) is 0 Å². The third-order valence-electron chi connectivity index (χ3n) is 4.07. The molecule has 0 aliphatic carbocycles. The van der Waals surface area contributed by atoms with Crippen LogP contribution in [0.25, 0.3) is 0 Å². The van der Waals surface area contributed by atoms with E-state index in [4.69, 9.17) is 5.73 Å². The number of hydrogen-bond donors (Lipinski definition) is 1. The van der Waals surface area contributed by atoms with E-state index in [9.17, 15) is 0 Å². The van der Waals surface area contributed by atoms with Crippen molar-refractivity contribution in [2.75, 3.05) is 39.3 Å². The lowest BCUT2D eigenvalue weighted by molar-refractivity contribution is 0.291. The molecular formula is C14H28N4. The highest BCUT2D eigenvalue weighted by Gasteiger charge is 2.12. The smallest absolute Gasteiger partial charge is 0.191 e. The van der Waals surface area contributed by atoms with E-state index in [2.05, 4.69) is 14.8 Å². The van der Waals surface area contributed by atoms with Gasteiger partial charge in [-0.2, -0.15) is 0 Å². The maximum atomic E-state index is 6.05. The van der Waals surface area contributed by atoms with Crippen LogP contribution in [0.1, 0.15) is 44.9 Å². The third-order valence-corrected chi connectivity index (χ3v) is 4.07. The van der Waals surface area contributed by atoms with Crippen molar-refractivity contribution in [3.63, 3.8) is 0 Å². The molecule has 0 aromatic rings. The molecule has 2 aliphatic heterocycles. The Morgan fingerprint density at radius 2 is 1.39 bits per heavy atom. The zero-order chi connectivity index (χ0) is 12.6. The van der Waals surface area contributed by atoms with Gasteiger partial charge in [-0.3, -0.25) is 4.99 Å². The van der Waals surface area contributed by atoms with Crippen molar-refractivity contribution < 1.29 is 0 Å². The van der Waals surface area contributed by atoms with Crippen LogP contribution in [0.15, 0.2) is 4.99 Å². The van der Waals surface area contributed by atoms with Gasteiger partial charge in [-0.15, -0.1) is 0 Å². The molecule has 4 heteroatoms. The minimum Gasteiger partial charge on any atom is -0.370 e. The first kappa shape index (κ1) is 13.7. The number of nitrogens with zero attached hydrogens (tertiary/aromatic N) is 3. The van der Waals surface area contributed by atoms with Crippen LogP contribution >= 0.6 is 0 Å². The van der Waals surface area contributed by atoms with Crippen LogP contribution < -0.4 is 5.73 Å². The summed E-state index contributed by atoms with van der Waals surface area (Å²) < 4.78 is 0. The van der Waals surface area contributed by atoms with Crippen molar-refractivity contribution in [2.45, 2.75) is 44.9 Å². The van der Waals surface area contributed by atoms with Gasteiger partial charge in [0.25, 0.3) is 0 Å². The molecule has 2 aliphatic rings. The van der Waals surface area contributed by atoms with Crippen molar-refractivity contribution in [3.05, 3.63) is 0 Å². The highest BCUT2D eigenvalue weighted by molar-refractivity contribution is 5.78. The normalized spacial score (nSPS) is 24.0. The molecule has 0 unspecified atom stereocenters. The van der Waals surface area contributed by atoms with Gasteiger partial charge in [0.1, 0.15) is 0 Å².